The van der Waals surface area contributed by atoms with Crippen LogP contribution < -0.4 is 11.1 Å². The average Bonchev–Trinajstić information content (AvgIpc) is 2.26. The third kappa shape index (κ3) is 6.59. The number of carbonyl (C=O) groups is 1. The zero-order valence-corrected chi connectivity index (χ0v) is 13.2. The molecule has 0 radical (unpaired) electrons. The van der Waals surface area contributed by atoms with E-state index in [0.29, 0.717) is 13.0 Å². The van der Waals surface area contributed by atoms with Crippen LogP contribution in [0.4, 0.5) is 4.79 Å². The molecule has 5 heteroatoms. The number of carbonyl (C=O) groups excluding carboxylic acids is 1. The average molecular weight is 329 g/mol. The quantitative estimate of drug-likeness (QED) is 0.890. The van der Waals surface area contributed by atoms with Gasteiger partial charge in [-0.25, -0.2) is 4.79 Å². The minimum absolute atomic E-state index is 0.104. The fourth-order valence-corrected chi connectivity index (χ4v) is 1.96. The van der Waals surface area contributed by atoms with Gasteiger partial charge in [-0.2, -0.15) is 0 Å². The first-order valence-electron chi connectivity index (χ1n) is 6.26. The van der Waals surface area contributed by atoms with Gasteiger partial charge in [0.05, 0.1) is 0 Å². The Labute approximate surface area is 122 Å². The molecule has 1 aromatic carbocycles. The first-order valence-corrected chi connectivity index (χ1v) is 7.05. The molecule has 1 aromatic rings. The lowest BCUT2D eigenvalue weighted by atomic mass is 10.1. The molecule has 1 rings (SSSR count). The van der Waals surface area contributed by atoms with Crippen LogP contribution in [0.3, 0.4) is 0 Å². The summed E-state index contributed by atoms with van der Waals surface area (Å²) in [6.07, 6.45) is 0.254. The first kappa shape index (κ1) is 16.0. The summed E-state index contributed by atoms with van der Waals surface area (Å²) in [6, 6.07) is 7.75. The minimum Gasteiger partial charge on any atom is -0.444 e. The number of ether oxygens (including phenoxy) is 1. The summed E-state index contributed by atoms with van der Waals surface area (Å²) < 4.78 is 6.15. The number of hydrogen-bond acceptors (Lipinski definition) is 3. The van der Waals surface area contributed by atoms with Crippen molar-refractivity contribution in [2.24, 2.45) is 5.73 Å². The van der Waals surface area contributed by atoms with Gasteiger partial charge < -0.3 is 15.8 Å². The molecule has 0 saturated heterocycles. The van der Waals surface area contributed by atoms with Crippen LogP contribution in [0.15, 0.2) is 28.7 Å². The second kappa shape index (κ2) is 6.91. The Hall–Kier alpha value is -1.07. The maximum Gasteiger partial charge on any atom is 0.407 e. The normalized spacial score (nSPS) is 12.9. The minimum atomic E-state index is -0.476. The number of amides is 1. The molecule has 106 valence electrons. The predicted octanol–water partition coefficient (Wildman–Crippen LogP) is 3.36. The van der Waals surface area contributed by atoms with Gasteiger partial charge in [-0.3, -0.25) is 0 Å². The van der Waals surface area contributed by atoms with Gasteiger partial charge in [0.15, 0.2) is 0 Å². The van der Waals surface area contributed by atoms with E-state index in [0.717, 1.165) is 10.0 Å². The molecule has 0 aliphatic heterocycles. The third-order valence-electron chi connectivity index (χ3n) is 2.40. The summed E-state index contributed by atoms with van der Waals surface area (Å²) in [5, 5.41) is 2.70. The number of nitrogens with two attached hydrogens (primary N) is 1. The second-order valence-electron chi connectivity index (χ2n) is 5.38. The Balaban J connectivity index is 2.35. The van der Waals surface area contributed by atoms with E-state index >= 15 is 0 Å². The molecule has 4 nitrogen and oxygen atoms in total. The molecule has 1 atom stereocenters. The zero-order chi connectivity index (χ0) is 14.5. The second-order valence-corrected chi connectivity index (χ2v) is 6.29. The summed E-state index contributed by atoms with van der Waals surface area (Å²) in [5.41, 5.74) is 6.63. The van der Waals surface area contributed by atoms with E-state index in [4.69, 9.17) is 10.5 Å². The van der Waals surface area contributed by atoms with Crippen LogP contribution in [0, 0.1) is 0 Å². The number of halogens is 1. The van der Waals surface area contributed by atoms with Crippen LogP contribution in [0.2, 0.25) is 0 Å². The number of hydrogen-bond donors (Lipinski definition) is 2. The molecule has 0 aliphatic rings. The van der Waals surface area contributed by atoms with Crippen LogP contribution in [-0.4, -0.2) is 18.2 Å². The highest BCUT2D eigenvalue weighted by atomic mass is 79.9. The largest absolute Gasteiger partial charge is 0.444 e. The van der Waals surface area contributed by atoms with Crippen LogP contribution in [-0.2, 0) is 4.74 Å². The van der Waals surface area contributed by atoms with Crippen molar-refractivity contribution in [2.75, 3.05) is 6.54 Å². The van der Waals surface area contributed by atoms with E-state index < -0.39 is 11.7 Å². The summed E-state index contributed by atoms with van der Waals surface area (Å²) >= 11 is 3.41. The maximum absolute atomic E-state index is 11.4. The van der Waals surface area contributed by atoms with Gasteiger partial charge in [-0.05, 0) is 44.9 Å². The lowest BCUT2D eigenvalue weighted by Crippen LogP contribution is -2.33. The van der Waals surface area contributed by atoms with Crippen LogP contribution in [0.1, 0.15) is 38.8 Å². The fraction of sp³-hybridized carbons (Fsp3) is 0.500. The van der Waals surface area contributed by atoms with E-state index in [1.165, 1.54) is 0 Å². The van der Waals surface area contributed by atoms with Gasteiger partial charge in [-0.15, -0.1) is 0 Å². The zero-order valence-electron chi connectivity index (χ0n) is 11.6. The van der Waals surface area contributed by atoms with Crippen molar-refractivity contribution >= 4 is 22.0 Å². The van der Waals surface area contributed by atoms with Gasteiger partial charge in [-0.1, -0.05) is 28.1 Å². The molecular weight excluding hydrogens is 308 g/mol. The number of alkyl carbamates (subject to hydrolysis) is 1. The van der Waals surface area contributed by atoms with Crippen molar-refractivity contribution in [2.45, 2.75) is 38.8 Å². The van der Waals surface area contributed by atoms with E-state index in [1.54, 1.807) is 0 Å². The Kier molecular flexibility index (Phi) is 5.82. The molecule has 0 aliphatic carbocycles. The Bertz CT molecular complexity index is 430. The number of rotatable bonds is 4. The highest BCUT2D eigenvalue weighted by molar-refractivity contribution is 9.10. The monoisotopic (exact) mass is 328 g/mol. The van der Waals surface area contributed by atoms with E-state index in [-0.39, 0.29) is 6.04 Å². The van der Waals surface area contributed by atoms with Crippen LogP contribution in [0.5, 0.6) is 0 Å². The van der Waals surface area contributed by atoms with Gasteiger partial charge >= 0.3 is 6.09 Å². The van der Waals surface area contributed by atoms with E-state index in [2.05, 4.69) is 21.2 Å². The van der Waals surface area contributed by atoms with Crippen molar-refractivity contribution in [3.8, 4) is 0 Å². The van der Waals surface area contributed by atoms with Crippen LogP contribution in [0.25, 0.3) is 0 Å². The summed E-state index contributed by atoms with van der Waals surface area (Å²) in [4.78, 5) is 11.4. The van der Waals surface area contributed by atoms with Gasteiger partial charge in [0, 0.05) is 17.1 Å². The molecule has 0 aromatic heterocycles. The molecule has 0 saturated carbocycles. The van der Waals surface area contributed by atoms with Gasteiger partial charge in [0.2, 0.25) is 0 Å². The Morgan fingerprint density at radius 2 is 2.16 bits per heavy atom. The summed E-state index contributed by atoms with van der Waals surface area (Å²) in [6.45, 7) is 5.99. The molecule has 0 heterocycles. The molecule has 0 spiro atoms. The lowest BCUT2D eigenvalue weighted by Gasteiger charge is -2.20. The first-order chi connectivity index (χ1) is 8.78. The maximum atomic E-state index is 11.4. The molecular formula is C14H21BrN2O2. The molecule has 0 unspecified atom stereocenters. The smallest absolute Gasteiger partial charge is 0.407 e. The SMILES string of the molecule is CC(C)(C)OC(=O)NCC[C@@H](N)c1cccc(Br)c1. The third-order valence-corrected chi connectivity index (χ3v) is 2.89. The van der Waals surface area contributed by atoms with Crippen molar-refractivity contribution in [3.63, 3.8) is 0 Å². The lowest BCUT2D eigenvalue weighted by molar-refractivity contribution is 0.0526. The van der Waals surface area contributed by atoms with Crippen molar-refractivity contribution < 1.29 is 9.53 Å². The number of nitrogens with one attached hydrogen (secondary N) is 1. The van der Waals surface area contributed by atoms with Crippen molar-refractivity contribution in [1.82, 2.24) is 5.32 Å². The van der Waals surface area contributed by atoms with Crippen molar-refractivity contribution in [3.05, 3.63) is 34.3 Å². The summed E-state index contributed by atoms with van der Waals surface area (Å²) in [5.74, 6) is 0. The van der Waals surface area contributed by atoms with Gasteiger partial charge in [0.1, 0.15) is 5.60 Å². The highest BCUT2D eigenvalue weighted by Gasteiger charge is 2.16. The summed E-state index contributed by atoms with van der Waals surface area (Å²) in [7, 11) is 0. The predicted molar refractivity (Wildman–Crippen MR) is 79.9 cm³/mol. The molecule has 19 heavy (non-hydrogen) atoms. The van der Waals surface area contributed by atoms with E-state index in [9.17, 15) is 4.79 Å². The fourth-order valence-electron chi connectivity index (χ4n) is 1.55. The van der Waals surface area contributed by atoms with Gasteiger partial charge in [0.25, 0.3) is 0 Å². The van der Waals surface area contributed by atoms with Crippen molar-refractivity contribution in [1.29, 1.82) is 0 Å². The Morgan fingerprint density at radius 3 is 2.74 bits per heavy atom. The Morgan fingerprint density at radius 1 is 1.47 bits per heavy atom. The number of benzene rings is 1. The standard InChI is InChI=1S/C14H21BrN2O2/c1-14(2,3)19-13(18)17-8-7-12(16)10-5-4-6-11(15)9-10/h4-6,9,12H,7-8,16H2,1-3H3,(H,17,18)/t12-/m1/s1. The van der Waals surface area contributed by atoms with Crippen LogP contribution >= 0.6 is 15.9 Å². The molecule has 0 fully saturated rings. The molecule has 0 bridgehead atoms. The van der Waals surface area contributed by atoms with E-state index in [1.807, 2.05) is 45.0 Å². The topological polar surface area (TPSA) is 64.3 Å². The highest BCUT2D eigenvalue weighted by Crippen LogP contribution is 2.18. The molecule has 3 N–H and O–H groups in total. The molecule has 1 amide bonds.